The Hall–Kier alpha value is -0.500. The Balaban J connectivity index is 3.22. The molecule has 2 heteroatoms. The van der Waals surface area contributed by atoms with Gasteiger partial charge in [0.25, 0.3) is 0 Å². The Morgan fingerprint density at radius 1 is 2.00 bits per heavy atom. The van der Waals surface area contributed by atoms with Crippen molar-refractivity contribution < 1.29 is 5.11 Å². The van der Waals surface area contributed by atoms with Crippen LogP contribution in [0.15, 0.2) is 11.8 Å². The zero-order chi connectivity index (χ0) is 4.99. The van der Waals surface area contributed by atoms with Crippen molar-refractivity contribution in [3.63, 3.8) is 0 Å². The van der Waals surface area contributed by atoms with Crippen LogP contribution in [0.1, 0.15) is 6.92 Å². The maximum atomic E-state index is 8.14. The van der Waals surface area contributed by atoms with Gasteiger partial charge in [-0.1, -0.05) is 6.08 Å². The first-order valence-corrected chi connectivity index (χ1v) is 1.82. The van der Waals surface area contributed by atoms with Crippen molar-refractivity contribution in [3.8, 4) is 0 Å². The normalized spacial score (nSPS) is 12.0. The Morgan fingerprint density at radius 2 is 2.50 bits per heavy atom. The van der Waals surface area contributed by atoms with E-state index in [1.807, 2.05) is 0 Å². The van der Waals surface area contributed by atoms with E-state index in [2.05, 4.69) is 0 Å². The molecule has 0 aliphatic rings. The van der Waals surface area contributed by atoms with Gasteiger partial charge < -0.3 is 10.8 Å². The fourth-order valence-electron chi connectivity index (χ4n) is 0.0913. The fraction of sp³-hybridized carbons (Fsp3) is 0.500. The van der Waals surface area contributed by atoms with Crippen molar-refractivity contribution in [2.75, 3.05) is 6.61 Å². The van der Waals surface area contributed by atoms with E-state index in [-0.39, 0.29) is 6.61 Å². The minimum atomic E-state index is -0.0312. The number of aliphatic hydroxyl groups is 1. The monoisotopic (exact) mass is 87.1 g/mol. The van der Waals surface area contributed by atoms with E-state index < -0.39 is 0 Å². The van der Waals surface area contributed by atoms with Gasteiger partial charge in [-0.15, -0.1) is 0 Å². The summed E-state index contributed by atoms with van der Waals surface area (Å²) in [6.07, 6.45) is 1.67. The summed E-state index contributed by atoms with van der Waals surface area (Å²) in [5.41, 5.74) is 5.61. The molecule has 0 spiro atoms. The SMILES string of the molecule is CC=C(N)CO. The predicted octanol–water partition coefficient (Wildman–Crippen LogP) is -0.159. The van der Waals surface area contributed by atoms with E-state index in [9.17, 15) is 0 Å². The minimum absolute atomic E-state index is 0.0312. The quantitative estimate of drug-likeness (QED) is 0.467. The van der Waals surface area contributed by atoms with Crippen LogP contribution in [0, 0.1) is 0 Å². The summed E-state index contributed by atoms with van der Waals surface area (Å²) in [4.78, 5) is 0. The molecule has 0 bridgehead atoms. The smallest absolute Gasteiger partial charge is 0.0822 e. The summed E-state index contributed by atoms with van der Waals surface area (Å²) < 4.78 is 0. The molecule has 0 rings (SSSR count). The molecule has 0 aromatic heterocycles. The predicted molar refractivity (Wildman–Crippen MR) is 25.0 cm³/mol. The van der Waals surface area contributed by atoms with Crippen molar-refractivity contribution in [3.05, 3.63) is 11.8 Å². The Labute approximate surface area is 37.3 Å². The van der Waals surface area contributed by atoms with Gasteiger partial charge in [-0.3, -0.25) is 0 Å². The second-order valence-electron chi connectivity index (χ2n) is 1.02. The van der Waals surface area contributed by atoms with Crippen molar-refractivity contribution in [2.24, 2.45) is 5.73 Å². The van der Waals surface area contributed by atoms with Crippen molar-refractivity contribution >= 4 is 0 Å². The first kappa shape index (κ1) is 5.50. The molecule has 0 aromatic carbocycles. The molecule has 0 aliphatic carbocycles. The molecule has 0 amide bonds. The van der Waals surface area contributed by atoms with Gasteiger partial charge in [0, 0.05) is 5.70 Å². The first-order valence-electron chi connectivity index (χ1n) is 1.82. The van der Waals surface area contributed by atoms with Gasteiger partial charge in [0.05, 0.1) is 6.61 Å². The maximum absolute atomic E-state index is 8.14. The molecule has 0 unspecified atom stereocenters. The number of nitrogens with two attached hydrogens (primary N) is 1. The lowest BCUT2D eigenvalue weighted by Crippen LogP contribution is -1.99. The van der Waals surface area contributed by atoms with Crippen LogP contribution in [0.3, 0.4) is 0 Å². The molecule has 0 aromatic rings. The molecule has 36 valence electrons. The topological polar surface area (TPSA) is 46.2 Å². The Kier molecular flexibility index (Phi) is 2.50. The lowest BCUT2D eigenvalue weighted by molar-refractivity contribution is 0.329. The van der Waals surface area contributed by atoms with Gasteiger partial charge in [-0.25, -0.2) is 0 Å². The highest BCUT2D eigenvalue weighted by molar-refractivity contribution is 4.92. The summed E-state index contributed by atoms with van der Waals surface area (Å²) in [7, 11) is 0. The third-order valence-corrected chi connectivity index (χ3v) is 0.553. The molecule has 0 saturated carbocycles. The second-order valence-corrected chi connectivity index (χ2v) is 1.02. The van der Waals surface area contributed by atoms with Crippen LogP contribution >= 0.6 is 0 Å². The molecule has 0 fully saturated rings. The van der Waals surface area contributed by atoms with Gasteiger partial charge in [-0.2, -0.15) is 0 Å². The molecule has 0 radical (unpaired) electrons. The highest BCUT2D eigenvalue weighted by atomic mass is 16.3. The minimum Gasteiger partial charge on any atom is -0.400 e. The van der Waals surface area contributed by atoms with Crippen LogP contribution < -0.4 is 5.73 Å². The average molecular weight is 87.1 g/mol. The largest absolute Gasteiger partial charge is 0.400 e. The van der Waals surface area contributed by atoms with Crippen LogP contribution in [0.5, 0.6) is 0 Å². The number of allylic oxidation sites excluding steroid dienone is 1. The van der Waals surface area contributed by atoms with Gasteiger partial charge >= 0.3 is 0 Å². The molecule has 6 heavy (non-hydrogen) atoms. The Morgan fingerprint density at radius 3 is 2.50 bits per heavy atom. The van der Waals surface area contributed by atoms with E-state index in [1.54, 1.807) is 13.0 Å². The second kappa shape index (κ2) is 2.72. The van der Waals surface area contributed by atoms with E-state index in [1.165, 1.54) is 0 Å². The number of hydrogen-bond acceptors (Lipinski definition) is 2. The molecular formula is C4H9NO. The molecule has 0 heterocycles. The third-order valence-electron chi connectivity index (χ3n) is 0.553. The van der Waals surface area contributed by atoms with Crippen LogP contribution in [-0.4, -0.2) is 11.7 Å². The maximum Gasteiger partial charge on any atom is 0.0822 e. The highest BCUT2D eigenvalue weighted by Crippen LogP contribution is 1.74. The van der Waals surface area contributed by atoms with E-state index >= 15 is 0 Å². The standard InChI is InChI=1S/C4H9NO/c1-2-4(5)3-6/h2,6H,3,5H2,1H3. The summed E-state index contributed by atoms with van der Waals surface area (Å²) in [6.45, 7) is 1.75. The fourth-order valence-corrected chi connectivity index (χ4v) is 0.0913. The van der Waals surface area contributed by atoms with Crippen molar-refractivity contribution in [1.82, 2.24) is 0 Å². The molecular weight excluding hydrogens is 78.0 g/mol. The summed E-state index contributed by atoms with van der Waals surface area (Å²) in [6, 6.07) is 0. The summed E-state index contributed by atoms with van der Waals surface area (Å²) >= 11 is 0. The Bertz CT molecular complexity index is 58.6. The zero-order valence-electron chi connectivity index (χ0n) is 3.81. The molecule has 2 nitrogen and oxygen atoms in total. The summed E-state index contributed by atoms with van der Waals surface area (Å²) in [5, 5.41) is 8.14. The van der Waals surface area contributed by atoms with Crippen molar-refractivity contribution in [1.29, 1.82) is 0 Å². The van der Waals surface area contributed by atoms with Crippen LogP contribution in [-0.2, 0) is 0 Å². The zero-order valence-corrected chi connectivity index (χ0v) is 3.81. The van der Waals surface area contributed by atoms with Gasteiger partial charge in [0.1, 0.15) is 0 Å². The molecule has 3 N–H and O–H groups in total. The van der Waals surface area contributed by atoms with E-state index in [0.717, 1.165) is 0 Å². The third kappa shape index (κ3) is 1.79. The number of rotatable bonds is 1. The van der Waals surface area contributed by atoms with Crippen LogP contribution in [0.25, 0.3) is 0 Å². The van der Waals surface area contributed by atoms with E-state index in [0.29, 0.717) is 5.70 Å². The van der Waals surface area contributed by atoms with Gasteiger partial charge in [0.15, 0.2) is 0 Å². The average Bonchev–Trinajstić information content (AvgIpc) is 1.65. The van der Waals surface area contributed by atoms with Crippen molar-refractivity contribution in [2.45, 2.75) is 6.92 Å². The van der Waals surface area contributed by atoms with E-state index in [4.69, 9.17) is 10.8 Å². The van der Waals surface area contributed by atoms with Crippen LogP contribution in [0.4, 0.5) is 0 Å². The number of aliphatic hydroxyl groups excluding tert-OH is 1. The highest BCUT2D eigenvalue weighted by Gasteiger charge is 1.74. The molecule has 0 saturated heterocycles. The van der Waals surface area contributed by atoms with Gasteiger partial charge in [0.2, 0.25) is 0 Å². The molecule has 0 aliphatic heterocycles. The lowest BCUT2D eigenvalue weighted by atomic mass is 10.5. The van der Waals surface area contributed by atoms with Crippen LogP contribution in [0.2, 0.25) is 0 Å². The first-order chi connectivity index (χ1) is 2.81. The lowest BCUT2D eigenvalue weighted by Gasteiger charge is -1.86. The number of hydrogen-bond donors (Lipinski definition) is 2. The van der Waals surface area contributed by atoms with Gasteiger partial charge in [-0.05, 0) is 6.92 Å². The summed E-state index contributed by atoms with van der Waals surface area (Å²) in [5.74, 6) is 0. The molecule has 0 atom stereocenters.